The van der Waals surface area contributed by atoms with Gasteiger partial charge in [0, 0.05) is 29.4 Å². The predicted octanol–water partition coefficient (Wildman–Crippen LogP) is 2.70. The lowest BCUT2D eigenvalue weighted by molar-refractivity contribution is 0.0923. The molecule has 0 radical (unpaired) electrons. The number of carbonyl (C=O) groups is 1. The number of hydrogen-bond acceptors (Lipinski definition) is 5. The highest BCUT2D eigenvalue weighted by Crippen LogP contribution is 2.28. The van der Waals surface area contributed by atoms with E-state index in [4.69, 9.17) is 4.52 Å². The van der Waals surface area contributed by atoms with Crippen molar-refractivity contribution in [1.82, 2.24) is 20.4 Å². The maximum atomic E-state index is 12.4. The number of carbonyl (C=O) groups excluding carboxylic acids is 1. The summed E-state index contributed by atoms with van der Waals surface area (Å²) in [5, 5.41) is 6.88. The largest absolute Gasteiger partial charge is 0.360 e. The van der Waals surface area contributed by atoms with Gasteiger partial charge in [0.15, 0.2) is 5.69 Å². The van der Waals surface area contributed by atoms with Crippen molar-refractivity contribution < 1.29 is 9.32 Å². The first-order chi connectivity index (χ1) is 10.5. The Labute approximate surface area is 129 Å². The van der Waals surface area contributed by atoms with Gasteiger partial charge < -0.3 is 9.84 Å². The Kier molecular flexibility index (Phi) is 3.92. The Bertz CT molecular complexity index is 693. The fourth-order valence-corrected chi connectivity index (χ4v) is 2.70. The van der Waals surface area contributed by atoms with Crippen LogP contribution in [0, 0.1) is 6.92 Å². The van der Waals surface area contributed by atoms with Gasteiger partial charge >= 0.3 is 0 Å². The van der Waals surface area contributed by atoms with E-state index >= 15 is 0 Å². The van der Waals surface area contributed by atoms with Crippen LogP contribution in [0.4, 0.5) is 0 Å². The quantitative estimate of drug-likeness (QED) is 0.942. The molecule has 0 bridgehead atoms. The van der Waals surface area contributed by atoms with Crippen LogP contribution in [0.25, 0.3) is 0 Å². The van der Waals surface area contributed by atoms with Crippen LogP contribution < -0.4 is 5.32 Å². The Balaban J connectivity index is 1.77. The monoisotopic (exact) mass is 300 g/mol. The minimum absolute atomic E-state index is 0.0592. The summed E-state index contributed by atoms with van der Waals surface area (Å²) in [4.78, 5) is 21.1. The molecule has 0 aliphatic heterocycles. The lowest BCUT2D eigenvalue weighted by atomic mass is 9.92. The number of amides is 1. The number of rotatable bonds is 3. The molecule has 3 rings (SSSR count). The predicted molar refractivity (Wildman–Crippen MR) is 80.5 cm³/mol. The third-order valence-corrected chi connectivity index (χ3v) is 3.94. The van der Waals surface area contributed by atoms with Crippen LogP contribution in [0.15, 0.2) is 16.8 Å². The van der Waals surface area contributed by atoms with E-state index in [1.807, 2.05) is 27.0 Å². The lowest BCUT2D eigenvalue weighted by Crippen LogP contribution is -2.31. The average Bonchev–Trinajstić information content (AvgIpc) is 2.97. The molecule has 0 unspecified atom stereocenters. The standard InChI is InChI=1S/C16H20N4O2/c1-9(2)15-7-14(20-22-15)16(21)19-13-6-4-5-12-11(13)8-17-10(3)18-12/h7-9,13H,4-6H2,1-3H3,(H,19,21)/t13-/m1/s1. The third kappa shape index (κ3) is 2.86. The lowest BCUT2D eigenvalue weighted by Gasteiger charge is -2.25. The summed E-state index contributed by atoms with van der Waals surface area (Å²) in [5.41, 5.74) is 2.37. The Morgan fingerprint density at radius 1 is 1.45 bits per heavy atom. The summed E-state index contributed by atoms with van der Waals surface area (Å²) in [7, 11) is 0. The molecule has 2 aromatic heterocycles. The van der Waals surface area contributed by atoms with Gasteiger partial charge in [0.25, 0.3) is 5.91 Å². The van der Waals surface area contributed by atoms with Crippen molar-refractivity contribution in [3.8, 4) is 0 Å². The second-order valence-electron chi connectivity index (χ2n) is 6.01. The van der Waals surface area contributed by atoms with E-state index in [0.29, 0.717) is 11.5 Å². The molecular weight excluding hydrogens is 280 g/mol. The number of hydrogen-bond donors (Lipinski definition) is 1. The molecule has 1 amide bonds. The summed E-state index contributed by atoms with van der Waals surface area (Å²) in [6.07, 6.45) is 4.65. The summed E-state index contributed by atoms with van der Waals surface area (Å²) < 4.78 is 5.19. The van der Waals surface area contributed by atoms with Gasteiger partial charge in [0.1, 0.15) is 11.6 Å². The maximum absolute atomic E-state index is 12.4. The van der Waals surface area contributed by atoms with Crippen molar-refractivity contribution in [1.29, 1.82) is 0 Å². The van der Waals surface area contributed by atoms with Gasteiger partial charge in [-0.15, -0.1) is 0 Å². The van der Waals surface area contributed by atoms with E-state index in [-0.39, 0.29) is 17.9 Å². The van der Waals surface area contributed by atoms with E-state index in [0.717, 1.165) is 36.3 Å². The highest BCUT2D eigenvalue weighted by molar-refractivity contribution is 5.92. The Morgan fingerprint density at radius 2 is 2.27 bits per heavy atom. The first kappa shape index (κ1) is 14.7. The highest BCUT2D eigenvalue weighted by Gasteiger charge is 2.25. The van der Waals surface area contributed by atoms with E-state index in [1.165, 1.54) is 0 Å². The molecule has 0 saturated heterocycles. The maximum Gasteiger partial charge on any atom is 0.273 e. The first-order valence-corrected chi connectivity index (χ1v) is 7.64. The average molecular weight is 300 g/mol. The Hall–Kier alpha value is -2.24. The SMILES string of the molecule is Cc1ncc2c(n1)CCC[C@H]2NC(=O)c1cc(C(C)C)on1. The molecule has 1 aliphatic carbocycles. The summed E-state index contributed by atoms with van der Waals surface area (Å²) in [6, 6.07) is 1.64. The summed E-state index contributed by atoms with van der Waals surface area (Å²) in [6.45, 7) is 5.88. The van der Waals surface area contributed by atoms with Crippen LogP contribution in [-0.4, -0.2) is 21.0 Å². The fraction of sp³-hybridized carbons (Fsp3) is 0.500. The summed E-state index contributed by atoms with van der Waals surface area (Å²) in [5.74, 6) is 1.48. The zero-order valence-electron chi connectivity index (χ0n) is 13.1. The molecule has 1 atom stereocenters. The molecule has 6 heteroatoms. The van der Waals surface area contributed by atoms with Gasteiger partial charge in [0.05, 0.1) is 6.04 Å². The van der Waals surface area contributed by atoms with E-state index in [1.54, 1.807) is 6.07 Å². The molecule has 0 saturated carbocycles. The van der Waals surface area contributed by atoms with Crippen molar-refractivity contribution in [2.75, 3.05) is 0 Å². The van der Waals surface area contributed by atoms with Crippen LogP contribution in [-0.2, 0) is 6.42 Å². The third-order valence-electron chi connectivity index (χ3n) is 3.94. The fourth-order valence-electron chi connectivity index (χ4n) is 2.70. The van der Waals surface area contributed by atoms with Crippen molar-refractivity contribution in [2.45, 2.75) is 52.0 Å². The van der Waals surface area contributed by atoms with Crippen molar-refractivity contribution in [2.24, 2.45) is 0 Å². The van der Waals surface area contributed by atoms with Gasteiger partial charge in [-0.25, -0.2) is 9.97 Å². The molecule has 2 aromatic rings. The second kappa shape index (κ2) is 5.87. The molecule has 1 N–H and O–H groups in total. The molecule has 2 heterocycles. The zero-order valence-corrected chi connectivity index (χ0v) is 13.1. The van der Waals surface area contributed by atoms with Gasteiger partial charge in [-0.05, 0) is 26.2 Å². The van der Waals surface area contributed by atoms with E-state index < -0.39 is 0 Å². The molecule has 116 valence electrons. The molecular formula is C16H20N4O2. The molecule has 0 spiro atoms. The zero-order chi connectivity index (χ0) is 15.7. The van der Waals surface area contributed by atoms with Crippen LogP contribution in [0.2, 0.25) is 0 Å². The first-order valence-electron chi connectivity index (χ1n) is 7.64. The van der Waals surface area contributed by atoms with Gasteiger partial charge in [-0.3, -0.25) is 4.79 Å². The number of nitrogens with one attached hydrogen (secondary N) is 1. The van der Waals surface area contributed by atoms with Crippen LogP contribution >= 0.6 is 0 Å². The van der Waals surface area contributed by atoms with Crippen molar-refractivity contribution in [3.05, 3.63) is 40.8 Å². The highest BCUT2D eigenvalue weighted by atomic mass is 16.5. The van der Waals surface area contributed by atoms with Gasteiger partial charge in [0.2, 0.25) is 0 Å². The molecule has 0 aromatic carbocycles. The molecule has 22 heavy (non-hydrogen) atoms. The second-order valence-corrected chi connectivity index (χ2v) is 6.01. The van der Waals surface area contributed by atoms with E-state index in [2.05, 4.69) is 20.4 Å². The minimum atomic E-state index is -0.214. The van der Waals surface area contributed by atoms with E-state index in [9.17, 15) is 4.79 Å². The number of fused-ring (bicyclic) bond motifs is 1. The Morgan fingerprint density at radius 3 is 3.00 bits per heavy atom. The van der Waals surface area contributed by atoms with Gasteiger partial charge in [-0.1, -0.05) is 19.0 Å². The van der Waals surface area contributed by atoms with Crippen LogP contribution in [0.5, 0.6) is 0 Å². The van der Waals surface area contributed by atoms with Crippen molar-refractivity contribution in [3.63, 3.8) is 0 Å². The number of aryl methyl sites for hydroxylation is 2. The molecule has 1 aliphatic rings. The van der Waals surface area contributed by atoms with Crippen molar-refractivity contribution >= 4 is 5.91 Å². The van der Waals surface area contributed by atoms with Crippen LogP contribution in [0.3, 0.4) is 0 Å². The topological polar surface area (TPSA) is 80.9 Å². The smallest absolute Gasteiger partial charge is 0.273 e. The molecule has 0 fully saturated rings. The summed E-state index contributed by atoms with van der Waals surface area (Å²) >= 11 is 0. The molecule has 6 nitrogen and oxygen atoms in total. The van der Waals surface area contributed by atoms with Gasteiger partial charge in [-0.2, -0.15) is 0 Å². The normalized spacial score (nSPS) is 17.4. The number of nitrogens with zero attached hydrogens (tertiary/aromatic N) is 3. The minimum Gasteiger partial charge on any atom is -0.360 e. The number of aromatic nitrogens is 3. The van der Waals surface area contributed by atoms with Crippen LogP contribution in [0.1, 0.15) is 72.0 Å².